The molecule has 0 spiro atoms. The zero-order valence-electron chi connectivity index (χ0n) is 46.7. The van der Waals surface area contributed by atoms with Gasteiger partial charge in [-0.3, -0.25) is 53.0 Å². The van der Waals surface area contributed by atoms with Crippen LogP contribution >= 0.6 is 0 Å². The number of rotatable bonds is 26. The van der Waals surface area contributed by atoms with Crippen molar-refractivity contribution in [3.8, 4) is 0 Å². The lowest BCUT2D eigenvalue weighted by molar-refractivity contribution is -0.192. The summed E-state index contributed by atoms with van der Waals surface area (Å²) < 4.78 is 43.8. The summed E-state index contributed by atoms with van der Waals surface area (Å²) in [6.07, 6.45) is -1.74. The molecule has 0 bridgehead atoms. The summed E-state index contributed by atoms with van der Waals surface area (Å²) in [4.78, 5) is 134. The second-order valence-electron chi connectivity index (χ2n) is 20.1. The smallest absolute Gasteiger partial charge is 0.475 e. The van der Waals surface area contributed by atoms with E-state index in [9.17, 15) is 56.3 Å². The number of amides is 9. The van der Waals surface area contributed by atoms with Crippen LogP contribution in [-0.2, 0) is 63.8 Å². The summed E-state index contributed by atoms with van der Waals surface area (Å²) in [7, 11) is 10.1. The van der Waals surface area contributed by atoms with E-state index in [4.69, 9.17) is 19.4 Å². The Morgan fingerprint density at radius 2 is 1.40 bits per heavy atom. The molecule has 1 fully saturated rings. The Kier molecular flexibility index (Phi) is 26.4. The second-order valence-corrected chi connectivity index (χ2v) is 20.1. The fraction of sp³-hybridized carbons (Fsp3) is 0.654. The minimum atomic E-state index is -5.08. The lowest BCUT2D eigenvalue weighted by Crippen LogP contribution is -2.59. The number of likely N-dealkylation sites (tertiary alicyclic amines) is 1. The van der Waals surface area contributed by atoms with Crippen molar-refractivity contribution in [2.45, 2.75) is 142 Å². The SMILES string of the molecule is CC[C@H](C)[C@@H]([C@@H](CC(=O)N1CCC[C@H]1[C@H](OC)[C@@H](C)C(=O)N(C)CCc1cccc(NC(=O)[C@H](C)NC(=O)[C@H](C)NC(=O)CN2C(=O)C=CC2=O)c1)OC)N(C)C(=O)[C@@H](NC(=O)[C@@H](C)N(C)C)C(C)C.O=C(O)C(F)(F)F. The molecular weight excluding hydrogens is 1020 g/mol. The molecule has 9 amide bonds. The van der Waals surface area contributed by atoms with E-state index in [1.165, 1.54) is 13.8 Å². The predicted octanol–water partition coefficient (Wildman–Crippen LogP) is 2.20. The van der Waals surface area contributed by atoms with Gasteiger partial charge in [0.2, 0.25) is 41.4 Å². The first-order valence-electron chi connectivity index (χ1n) is 25.5. The number of aliphatic carboxylic acids is 1. The second kappa shape index (κ2) is 30.5. The number of hydrogen-bond acceptors (Lipinski definition) is 13. The van der Waals surface area contributed by atoms with E-state index in [1.807, 2.05) is 33.8 Å². The van der Waals surface area contributed by atoms with E-state index in [2.05, 4.69) is 21.3 Å². The van der Waals surface area contributed by atoms with E-state index < -0.39 is 96.6 Å². The van der Waals surface area contributed by atoms with Crippen LogP contribution < -0.4 is 21.3 Å². The zero-order valence-corrected chi connectivity index (χ0v) is 46.7. The van der Waals surface area contributed by atoms with Gasteiger partial charge >= 0.3 is 12.1 Å². The number of hydrogen-bond donors (Lipinski definition) is 5. The Morgan fingerprint density at radius 3 is 1.92 bits per heavy atom. The number of methoxy groups -OCH3 is 2. The molecule has 2 heterocycles. The maximum absolute atomic E-state index is 14.3. The number of imide groups is 1. The molecule has 22 nitrogen and oxygen atoms in total. The summed E-state index contributed by atoms with van der Waals surface area (Å²) in [6.45, 7) is 14.6. The largest absolute Gasteiger partial charge is 0.490 e. The number of likely N-dealkylation sites (N-methyl/N-ethyl adjacent to an activating group) is 3. The molecule has 2 aliphatic heterocycles. The van der Waals surface area contributed by atoms with E-state index in [0.717, 1.165) is 29.0 Å². The van der Waals surface area contributed by atoms with Crippen molar-refractivity contribution in [1.29, 1.82) is 0 Å². The fourth-order valence-electron chi connectivity index (χ4n) is 8.84. The van der Waals surface area contributed by atoms with Gasteiger partial charge in [-0.05, 0) is 83.7 Å². The summed E-state index contributed by atoms with van der Waals surface area (Å²) in [5, 5.41) is 17.8. The third kappa shape index (κ3) is 19.5. The van der Waals surface area contributed by atoms with Gasteiger partial charge in [0.05, 0.1) is 42.7 Å². The van der Waals surface area contributed by atoms with Crippen molar-refractivity contribution in [3.05, 3.63) is 42.0 Å². The average Bonchev–Trinajstić information content (AvgIpc) is 3.98. The van der Waals surface area contributed by atoms with Crippen LogP contribution in [0.3, 0.4) is 0 Å². The molecule has 1 aromatic carbocycles. The molecule has 0 saturated carbocycles. The molecular formula is C52H80F3N9O13. The number of carbonyl (C=O) groups is 10. The predicted molar refractivity (Wildman–Crippen MR) is 277 cm³/mol. The molecule has 1 aromatic rings. The van der Waals surface area contributed by atoms with Crippen LogP contribution in [0.5, 0.6) is 0 Å². The Labute approximate surface area is 449 Å². The quantitative estimate of drug-likeness (QED) is 0.0833. The number of carboxylic acid groups (broad SMARTS) is 1. The minimum absolute atomic E-state index is 0.00626. The van der Waals surface area contributed by atoms with Crippen molar-refractivity contribution < 1.29 is 75.7 Å². The van der Waals surface area contributed by atoms with Gasteiger partial charge in [0.25, 0.3) is 11.8 Å². The van der Waals surface area contributed by atoms with Gasteiger partial charge < -0.3 is 50.5 Å². The number of benzene rings is 1. The molecule has 10 atom stereocenters. The zero-order chi connectivity index (χ0) is 58.8. The van der Waals surface area contributed by atoms with E-state index >= 15 is 0 Å². The molecule has 1 saturated heterocycles. The van der Waals surface area contributed by atoms with Crippen molar-refractivity contribution in [2.24, 2.45) is 17.8 Å². The van der Waals surface area contributed by atoms with E-state index in [0.29, 0.717) is 38.0 Å². The summed E-state index contributed by atoms with van der Waals surface area (Å²) in [5.74, 6) is -7.61. The van der Waals surface area contributed by atoms with Crippen molar-refractivity contribution in [3.63, 3.8) is 0 Å². The van der Waals surface area contributed by atoms with Crippen LogP contribution in [0.4, 0.5) is 18.9 Å². The van der Waals surface area contributed by atoms with Gasteiger partial charge in [-0.2, -0.15) is 13.2 Å². The number of halogens is 3. The van der Waals surface area contributed by atoms with Crippen LogP contribution in [0.15, 0.2) is 36.4 Å². The van der Waals surface area contributed by atoms with Crippen molar-refractivity contribution in [2.75, 3.05) is 67.4 Å². The third-order valence-corrected chi connectivity index (χ3v) is 13.9. The monoisotopic (exact) mass is 1100 g/mol. The molecule has 0 radical (unpaired) electrons. The molecule has 5 N–H and O–H groups in total. The minimum Gasteiger partial charge on any atom is -0.475 e. The highest BCUT2D eigenvalue weighted by molar-refractivity contribution is 6.14. The van der Waals surface area contributed by atoms with Gasteiger partial charge in [0.1, 0.15) is 24.7 Å². The maximum Gasteiger partial charge on any atom is 0.490 e. The van der Waals surface area contributed by atoms with Crippen LogP contribution in [0, 0.1) is 17.8 Å². The lowest BCUT2D eigenvalue weighted by atomic mass is 9.89. The Bertz CT molecular complexity index is 2260. The summed E-state index contributed by atoms with van der Waals surface area (Å²) >= 11 is 0. The number of alkyl halides is 3. The van der Waals surface area contributed by atoms with Gasteiger partial charge in [0, 0.05) is 59.2 Å². The molecule has 2 aliphatic rings. The van der Waals surface area contributed by atoms with E-state index in [1.54, 1.807) is 94.1 Å². The molecule has 25 heteroatoms. The van der Waals surface area contributed by atoms with Crippen LogP contribution in [-0.4, -0.2) is 205 Å². The average molecular weight is 1100 g/mol. The first-order chi connectivity index (χ1) is 35.8. The molecule has 432 valence electrons. The lowest BCUT2D eigenvalue weighted by Gasteiger charge is -2.41. The first-order valence-corrected chi connectivity index (χ1v) is 25.5. The number of anilines is 1. The molecule has 0 aliphatic carbocycles. The highest BCUT2D eigenvalue weighted by atomic mass is 19.4. The standard InChI is InChI=1S/C50H79N9O11.C2HF3O2/c1-15-30(4)44(57(12)50(68)43(29(2)3)54-48(66)34(8)55(9)10)38(69-13)27-42(63)58-24-17-20-37(58)45(70-14)31(5)49(67)56(11)25-23-35-18-16-19-36(26-35)53-47(65)33(7)52-46(64)32(6)51-39(60)28-59-40(61)21-22-41(59)62;3-2(4,5)1(6)7/h16,18-19,21-22,26,29-34,37-38,43-45H,15,17,20,23-25,27-28H2,1-14H3,(H,51,60)(H,52,64)(H,53,65)(H,54,66);(H,6,7)/t30-,31+,32-,33-,34+,37-,38+,43-,44-,45+;/m0./s1. The summed E-state index contributed by atoms with van der Waals surface area (Å²) in [6, 6.07) is 2.95. The molecule has 3 rings (SSSR count). The van der Waals surface area contributed by atoms with Crippen LogP contribution in [0.2, 0.25) is 0 Å². The highest BCUT2D eigenvalue weighted by Crippen LogP contribution is 2.30. The first kappa shape index (κ1) is 66.6. The maximum atomic E-state index is 14.3. The number of nitrogens with zero attached hydrogens (tertiary/aromatic N) is 5. The van der Waals surface area contributed by atoms with Crippen LogP contribution in [0.1, 0.15) is 86.6 Å². The number of carboxylic acids is 1. The Balaban J connectivity index is 0.00000270. The van der Waals surface area contributed by atoms with Crippen molar-refractivity contribution in [1.82, 2.24) is 40.4 Å². The molecule has 0 unspecified atom stereocenters. The number of carbonyl (C=O) groups excluding carboxylic acids is 9. The van der Waals surface area contributed by atoms with Gasteiger partial charge in [-0.1, -0.05) is 53.2 Å². The van der Waals surface area contributed by atoms with E-state index in [-0.39, 0.29) is 47.9 Å². The normalized spacial score (nSPS) is 17.9. The van der Waals surface area contributed by atoms with Gasteiger partial charge in [-0.15, -0.1) is 0 Å². The van der Waals surface area contributed by atoms with Crippen molar-refractivity contribution >= 4 is 64.8 Å². The summed E-state index contributed by atoms with van der Waals surface area (Å²) in [5.41, 5.74) is 1.30. The van der Waals surface area contributed by atoms with Gasteiger partial charge in [-0.25, -0.2) is 4.79 Å². The number of ether oxygens (including phenoxy) is 2. The van der Waals surface area contributed by atoms with Crippen LogP contribution in [0.25, 0.3) is 0 Å². The Morgan fingerprint density at radius 1 is 0.818 bits per heavy atom. The fourth-order valence-corrected chi connectivity index (χ4v) is 8.84. The molecule has 0 aromatic heterocycles. The third-order valence-electron chi connectivity index (χ3n) is 13.9. The number of nitrogens with one attached hydrogen (secondary N) is 4. The Hall–Kier alpha value is -6.47. The van der Waals surface area contributed by atoms with Gasteiger partial charge in [0.15, 0.2) is 0 Å². The highest BCUT2D eigenvalue weighted by Gasteiger charge is 2.44. The molecule has 77 heavy (non-hydrogen) atoms. The topological polar surface area (TPSA) is 274 Å².